The van der Waals surface area contributed by atoms with E-state index >= 15 is 0 Å². The molecule has 0 radical (unpaired) electrons. The van der Waals surface area contributed by atoms with Gasteiger partial charge in [0.1, 0.15) is 0 Å². The van der Waals surface area contributed by atoms with E-state index in [4.69, 9.17) is 9.47 Å². The van der Waals surface area contributed by atoms with Crippen LogP contribution in [0.25, 0.3) is 0 Å². The normalized spacial score (nSPS) is 28.1. The predicted octanol–water partition coefficient (Wildman–Crippen LogP) is 0.392. The highest BCUT2D eigenvalue weighted by Gasteiger charge is 2.44. The number of imidazole rings is 1. The van der Waals surface area contributed by atoms with Crippen LogP contribution in [0.2, 0.25) is 0 Å². The first-order valence-electron chi connectivity index (χ1n) is 12.1. The zero-order valence-corrected chi connectivity index (χ0v) is 20.6. The van der Waals surface area contributed by atoms with Crippen molar-refractivity contribution in [1.29, 1.82) is 0 Å². The SMILES string of the molecule is Cn1cnc(S(=O)(=O)N2C[C@@H](O)COC[C@@H]3O[C@@H](CC(=O)NC4Cc5ccccc5C4)CC[C@H]32)c1. The summed E-state index contributed by atoms with van der Waals surface area (Å²) < 4.78 is 41.5. The Morgan fingerprint density at radius 2 is 1.94 bits per heavy atom. The van der Waals surface area contributed by atoms with Crippen molar-refractivity contribution in [2.75, 3.05) is 19.8 Å². The van der Waals surface area contributed by atoms with Crippen LogP contribution in [0.4, 0.5) is 0 Å². The number of carbonyl (C=O) groups is 1. The summed E-state index contributed by atoms with van der Waals surface area (Å²) in [6.07, 6.45) is 3.97. The second kappa shape index (κ2) is 9.98. The van der Waals surface area contributed by atoms with E-state index in [2.05, 4.69) is 22.4 Å². The van der Waals surface area contributed by atoms with Crippen LogP contribution in [-0.4, -0.2) is 83.4 Å². The molecule has 0 bridgehead atoms. The van der Waals surface area contributed by atoms with Crippen LogP contribution in [0.5, 0.6) is 0 Å². The lowest BCUT2D eigenvalue weighted by molar-refractivity contribution is -0.146. The number of carbonyl (C=O) groups excluding carboxylic acids is 1. The van der Waals surface area contributed by atoms with Gasteiger partial charge in [-0.3, -0.25) is 4.79 Å². The number of nitrogens with zero attached hydrogens (tertiary/aromatic N) is 3. The van der Waals surface area contributed by atoms with Crippen LogP contribution in [0.1, 0.15) is 30.4 Å². The monoisotopic (exact) mass is 504 g/mol. The average Bonchev–Trinajstić information content (AvgIpc) is 3.42. The fourth-order valence-corrected chi connectivity index (χ4v) is 7.05. The van der Waals surface area contributed by atoms with E-state index in [-0.39, 0.29) is 49.3 Å². The number of sulfonamides is 1. The third-order valence-electron chi connectivity index (χ3n) is 7.02. The summed E-state index contributed by atoms with van der Waals surface area (Å²) >= 11 is 0. The number of aliphatic hydroxyl groups is 1. The summed E-state index contributed by atoms with van der Waals surface area (Å²) in [6, 6.07) is 7.80. The first-order chi connectivity index (χ1) is 16.8. The second-order valence-electron chi connectivity index (χ2n) is 9.73. The zero-order chi connectivity index (χ0) is 24.6. The lowest BCUT2D eigenvalue weighted by Gasteiger charge is -2.43. The van der Waals surface area contributed by atoms with E-state index in [1.807, 2.05) is 12.1 Å². The van der Waals surface area contributed by atoms with Crippen LogP contribution in [0, 0.1) is 0 Å². The van der Waals surface area contributed by atoms with Crippen molar-refractivity contribution < 1.29 is 27.8 Å². The van der Waals surface area contributed by atoms with Crippen molar-refractivity contribution in [3.05, 3.63) is 47.9 Å². The fraction of sp³-hybridized carbons (Fsp3) is 0.583. The van der Waals surface area contributed by atoms with Crippen molar-refractivity contribution in [3.8, 4) is 0 Å². The van der Waals surface area contributed by atoms with Crippen LogP contribution in [0.3, 0.4) is 0 Å². The van der Waals surface area contributed by atoms with Crippen molar-refractivity contribution in [1.82, 2.24) is 19.2 Å². The molecule has 0 unspecified atom stereocenters. The number of hydrogen-bond donors (Lipinski definition) is 2. The molecule has 5 rings (SSSR count). The highest BCUT2D eigenvalue weighted by Crippen LogP contribution is 2.31. The first-order valence-corrected chi connectivity index (χ1v) is 13.5. The van der Waals surface area contributed by atoms with Gasteiger partial charge in [0.15, 0.2) is 5.03 Å². The van der Waals surface area contributed by atoms with Gasteiger partial charge in [-0.25, -0.2) is 13.4 Å². The van der Waals surface area contributed by atoms with Gasteiger partial charge in [-0.05, 0) is 36.8 Å². The maximum atomic E-state index is 13.4. The Bertz CT molecular complexity index is 1140. The zero-order valence-electron chi connectivity index (χ0n) is 19.7. The van der Waals surface area contributed by atoms with E-state index in [0.717, 1.165) is 12.8 Å². The maximum absolute atomic E-state index is 13.4. The molecule has 3 aliphatic rings. The number of rotatable bonds is 5. The topological polar surface area (TPSA) is 123 Å². The molecular formula is C24H32N4O6S. The van der Waals surface area contributed by atoms with Gasteiger partial charge < -0.3 is 24.5 Å². The molecule has 0 spiro atoms. The molecule has 1 amide bonds. The number of nitrogens with one attached hydrogen (secondary N) is 1. The lowest BCUT2D eigenvalue weighted by Crippen LogP contribution is -2.57. The van der Waals surface area contributed by atoms with Gasteiger partial charge >= 0.3 is 0 Å². The predicted molar refractivity (Wildman–Crippen MR) is 126 cm³/mol. The smallest absolute Gasteiger partial charge is 0.262 e. The van der Waals surface area contributed by atoms with E-state index in [1.54, 1.807) is 11.6 Å². The number of hydrogen-bond acceptors (Lipinski definition) is 7. The summed E-state index contributed by atoms with van der Waals surface area (Å²) in [7, 11) is -2.24. The Morgan fingerprint density at radius 1 is 1.20 bits per heavy atom. The molecule has 11 heteroatoms. The molecule has 2 saturated heterocycles. The molecule has 1 aromatic heterocycles. The molecule has 0 saturated carbocycles. The van der Waals surface area contributed by atoms with Gasteiger partial charge in [0, 0.05) is 25.8 Å². The Balaban J connectivity index is 1.24. The van der Waals surface area contributed by atoms with Gasteiger partial charge in [-0.2, -0.15) is 4.31 Å². The standard InChI is InChI=1S/C24H32N4O6S/c1-27-12-24(25-15-27)35(31,32)28-11-19(29)13-33-14-22-21(28)7-6-20(34-22)10-23(30)26-18-8-16-4-2-3-5-17(16)9-18/h2-5,12,15,18-22,29H,6-11,13-14H2,1H3,(H,26,30)/t19-,20-,21-,22+/m1/s1. The first kappa shape index (κ1) is 24.4. The highest BCUT2D eigenvalue weighted by atomic mass is 32.2. The van der Waals surface area contributed by atoms with Gasteiger partial charge in [-0.1, -0.05) is 24.3 Å². The average molecular weight is 505 g/mol. The number of amides is 1. The third-order valence-corrected chi connectivity index (χ3v) is 8.79. The molecule has 10 nitrogen and oxygen atoms in total. The van der Waals surface area contributed by atoms with Gasteiger partial charge in [0.25, 0.3) is 10.0 Å². The summed E-state index contributed by atoms with van der Waals surface area (Å²) in [4.78, 5) is 16.8. The fourth-order valence-electron chi connectivity index (χ4n) is 5.37. The number of aryl methyl sites for hydroxylation is 1. The van der Waals surface area contributed by atoms with Crippen molar-refractivity contribution in [3.63, 3.8) is 0 Å². The molecule has 2 fully saturated rings. The van der Waals surface area contributed by atoms with Crippen LogP contribution >= 0.6 is 0 Å². The molecule has 35 heavy (non-hydrogen) atoms. The Hall–Kier alpha value is -2.31. The van der Waals surface area contributed by atoms with Crippen LogP contribution in [-0.2, 0) is 44.2 Å². The number of benzene rings is 1. The Morgan fingerprint density at radius 3 is 2.63 bits per heavy atom. The molecule has 2 aliphatic heterocycles. The minimum atomic E-state index is -3.94. The minimum absolute atomic E-state index is 0.00815. The highest BCUT2D eigenvalue weighted by molar-refractivity contribution is 7.89. The molecule has 1 aromatic carbocycles. The van der Waals surface area contributed by atoms with Gasteiger partial charge in [-0.15, -0.1) is 0 Å². The summed E-state index contributed by atoms with van der Waals surface area (Å²) in [6.45, 7) is 0.0526. The second-order valence-corrected chi connectivity index (χ2v) is 11.6. The summed E-state index contributed by atoms with van der Waals surface area (Å²) in [5.74, 6) is -0.0635. The maximum Gasteiger partial charge on any atom is 0.262 e. The molecular weight excluding hydrogens is 472 g/mol. The Labute approximate surface area is 205 Å². The van der Waals surface area contributed by atoms with Crippen molar-refractivity contribution >= 4 is 15.9 Å². The summed E-state index contributed by atoms with van der Waals surface area (Å²) in [5.41, 5.74) is 2.55. The van der Waals surface area contributed by atoms with Gasteiger partial charge in [0.05, 0.1) is 50.3 Å². The number of fused-ring (bicyclic) bond motifs is 2. The number of aliphatic hydroxyl groups excluding tert-OH is 1. The molecule has 190 valence electrons. The van der Waals surface area contributed by atoms with Crippen molar-refractivity contribution in [2.24, 2.45) is 7.05 Å². The molecule has 2 aromatic rings. The van der Waals surface area contributed by atoms with Crippen molar-refractivity contribution in [2.45, 2.75) is 67.5 Å². The summed E-state index contributed by atoms with van der Waals surface area (Å²) in [5, 5.41) is 13.4. The molecule has 4 atom stereocenters. The third kappa shape index (κ3) is 5.29. The molecule has 3 heterocycles. The molecule has 1 aliphatic carbocycles. The van der Waals surface area contributed by atoms with E-state index in [9.17, 15) is 18.3 Å². The van der Waals surface area contributed by atoms with E-state index < -0.39 is 28.3 Å². The van der Waals surface area contributed by atoms with Crippen LogP contribution < -0.4 is 5.32 Å². The van der Waals surface area contributed by atoms with Crippen LogP contribution in [0.15, 0.2) is 41.8 Å². The molecule has 2 N–H and O–H groups in total. The van der Waals surface area contributed by atoms with Gasteiger partial charge in [0.2, 0.25) is 5.91 Å². The Kier molecular flexibility index (Phi) is 6.95. The minimum Gasteiger partial charge on any atom is -0.389 e. The van der Waals surface area contributed by atoms with E-state index in [0.29, 0.717) is 12.8 Å². The quantitative estimate of drug-likeness (QED) is 0.604. The lowest BCUT2D eigenvalue weighted by atomic mass is 9.96. The number of β-amino-alcohol motifs (C(OH)–C–C–N with tert-alkyl or cyclic N) is 1. The van der Waals surface area contributed by atoms with E-state index in [1.165, 1.54) is 28.0 Å². The number of ether oxygens (including phenoxy) is 2. The largest absolute Gasteiger partial charge is 0.389 e. The number of aromatic nitrogens is 2.